The van der Waals surface area contributed by atoms with Crippen molar-refractivity contribution in [1.29, 1.82) is 0 Å². The molecule has 2 aromatic carbocycles. The number of hydrogen-bond acceptors (Lipinski definition) is 2. The summed E-state index contributed by atoms with van der Waals surface area (Å²) in [6.45, 7) is 0.828. The number of imide groups is 1. The maximum Gasteiger partial charge on any atom is 0.406 e. The van der Waals surface area contributed by atoms with Gasteiger partial charge in [0.05, 0.1) is 5.92 Å². The summed E-state index contributed by atoms with van der Waals surface area (Å²) in [4.78, 5) is 27.5. The molecule has 4 nitrogen and oxygen atoms in total. The molecule has 1 unspecified atom stereocenters. The highest BCUT2D eigenvalue weighted by atomic mass is 35.5. The number of aromatic amines is 1. The smallest absolute Gasteiger partial charge is 0.355 e. The average molecular weight is 397 g/mol. The first kappa shape index (κ1) is 19.2. The number of halogens is 4. The lowest BCUT2D eigenvalue weighted by molar-refractivity contribution is -0.169. The molecule has 27 heavy (non-hydrogen) atoms. The zero-order valence-corrected chi connectivity index (χ0v) is 15.3. The number of nitrogens with one attached hydrogen (secondary N) is 1. The van der Waals surface area contributed by atoms with Gasteiger partial charge in [-0.3, -0.25) is 14.5 Å². The number of hydrogen-bond donors (Lipinski definition) is 1. The summed E-state index contributed by atoms with van der Waals surface area (Å²) in [7, 11) is 0. The van der Waals surface area contributed by atoms with Crippen molar-refractivity contribution in [3.8, 4) is 0 Å². The minimum Gasteiger partial charge on any atom is -0.355 e. The molecule has 1 atom stereocenters. The molecule has 0 saturated carbocycles. The van der Waals surface area contributed by atoms with E-state index in [1.165, 1.54) is 6.92 Å². The van der Waals surface area contributed by atoms with E-state index in [0.717, 1.165) is 28.7 Å². The van der Waals surface area contributed by atoms with Gasteiger partial charge in [-0.25, -0.2) is 0 Å². The molecule has 0 aliphatic carbocycles. The van der Waals surface area contributed by atoms with Gasteiger partial charge < -0.3 is 4.98 Å². The van der Waals surface area contributed by atoms with Crippen LogP contribution in [0.1, 0.15) is 25.3 Å². The second-order valence-corrected chi connectivity index (χ2v) is 6.84. The normalized spacial score (nSPS) is 13.1. The molecule has 1 N–H and O–H groups in total. The molecular formula is C19H16ClF3N2O2. The van der Waals surface area contributed by atoms with Crippen LogP contribution in [0.3, 0.4) is 0 Å². The van der Waals surface area contributed by atoms with E-state index in [-0.39, 0.29) is 4.90 Å². The number of aromatic nitrogens is 1. The molecular weight excluding hydrogens is 381 g/mol. The minimum absolute atomic E-state index is 0.236. The van der Waals surface area contributed by atoms with E-state index in [1.54, 1.807) is 24.3 Å². The van der Waals surface area contributed by atoms with E-state index in [4.69, 9.17) is 11.6 Å². The number of nitrogens with zero attached hydrogens (tertiary/aromatic N) is 1. The summed E-state index contributed by atoms with van der Waals surface area (Å²) in [6.07, 6.45) is -4.65. The Bertz CT molecular complexity index is 1040. The van der Waals surface area contributed by atoms with Crippen LogP contribution in [0.15, 0.2) is 36.4 Å². The van der Waals surface area contributed by atoms with Gasteiger partial charge in [0.2, 0.25) is 11.8 Å². The second kappa shape index (κ2) is 6.88. The molecule has 0 bridgehead atoms. The lowest BCUT2D eigenvalue weighted by Gasteiger charge is -2.24. The highest BCUT2D eigenvalue weighted by Crippen LogP contribution is 2.31. The van der Waals surface area contributed by atoms with Crippen molar-refractivity contribution >= 4 is 45.2 Å². The number of amides is 2. The van der Waals surface area contributed by atoms with Crippen LogP contribution in [0.4, 0.5) is 13.2 Å². The summed E-state index contributed by atoms with van der Waals surface area (Å²) in [5, 5.41) is 2.38. The minimum atomic E-state index is -4.65. The highest BCUT2D eigenvalue weighted by molar-refractivity contribution is 6.31. The molecule has 0 fully saturated rings. The molecule has 1 heterocycles. The standard InChI is InChI=1S/C19H16ClF3N2O2/c1-10(18(27)25(11(2)26)9-19(21,22)23)12-3-5-14-15-8-13(20)4-6-16(15)24-17(14)7-12/h3-8,10,24H,9H2,1-2H3. The van der Waals surface area contributed by atoms with Crippen molar-refractivity contribution < 1.29 is 22.8 Å². The third-order valence-corrected chi connectivity index (χ3v) is 4.67. The van der Waals surface area contributed by atoms with Gasteiger partial charge in [-0.05, 0) is 36.8 Å². The second-order valence-electron chi connectivity index (χ2n) is 6.40. The predicted octanol–water partition coefficient (Wildman–Crippen LogP) is 5.02. The van der Waals surface area contributed by atoms with Crippen LogP contribution in [-0.2, 0) is 9.59 Å². The summed E-state index contributed by atoms with van der Waals surface area (Å²) >= 11 is 6.03. The fourth-order valence-corrected chi connectivity index (χ4v) is 3.24. The zero-order chi connectivity index (χ0) is 19.9. The van der Waals surface area contributed by atoms with Gasteiger partial charge >= 0.3 is 6.18 Å². The molecule has 0 aliphatic rings. The SMILES string of the molecule is CC(=O)N(CC(F)(F)F)C(=O)C(C)c1ccc2c(c1)[nH]c1ccc(Cl)cc12. The van der Waals surface area contributed by atoms with Crippen molar-refractivity contribution in [2.75, 3.05) is 6.54 Å². The van der Waals surface area contributed by atoms with Gasteiger partial charge in [-0.2, -0.15) is 13.2 Å². The van der Waals surface area contributed by atoms with E-state index in [0.29, 0.717) is 10.6 Å². The van der Waals surface area contributed by atoms with E-state index in [9.17, 15) is 22.8 Å². The molecule has 3 rings (SSSR count). The number of benzene rings is 2. The fourth-order valence-electron chi connectivity index (χ4n) is 3.06. The number of fused-ring (bicyclic) bond motifs is 3. The summed E-state index contributed by atoms with van der Waals surface area (Å²) in [6, 6.07) is 10.5. The Kier molecular flexibility index (Phi) is 4.90. The number of alkyl halides is 3. The van der Waals surface area contributed by atoms with Crippen LogP contribution in [0.25, 0.3) is 21.8 Å². The molecule has 8 heteroatoms. The molecule has 1 aromatic heterocycles. The summed E-state index contributed by atoms with van der Waals surface area (Å²) in [5.74, 6) is -2.74. The highest BCUT2D eigenvalue weighted by Gasteiger charge is 2.36. The average Bonchev–Trinajstić information content (AvgIpc) is 2.94. The number of carbonyl (C=O) groups is 2. The van der Waals surface area contributed by atoms with Crippen LogP contribution < -0.4 is 0 Å². The Morgan fingerprint density at radius 3 is 2.44 bits per heavy atom. The molecule has 0 radical (unpaired) electrons. The van der Waals surface area contributed by atoms with Crippen LogP contribution in [0, 0.1) is 0 Å². The number of H-pyrrole nitrogens is 1. The lowest BCUT2D eigenvalue weighted by Crippen LogP contribution is -2.43. The van der Waals surface area contributed by atoms with Gasteiger partial charge in [0, 0.05) is 33.8 Å². The molecule has 0 saturated heterocycles. The first-order valence-corrected chi connectivity index (χ1v) is 8.54. The van der Waals surface area contributed by atoms with Gasteiger partial charge in [0.1, 0.15) is 6.54 Å². The van der Waals surface area contributed by atoms with Crippen molar-refractivity contribution in [3.05, 3.63) is 47.0 Å². The van der Waals surface area contributed by atoms with Gasteiger partial charge in [0.15, 0.2) is 0 Å². The molecule has 0 aliphatic heterocycles. The Hall–Kier alpha value is -2.54. The van der Waals surface area contributed by atoms with Crippen LogP contribution >= 0.6 is 11.6 Å². The fraction of sp³-hybridized carbons (Fsp3) is 0.263. The maximum atomic E-state index is 12.7. The number of rotatable bonds is 3. The predicted molar refractivity (Wildman–Crippen MR) is 97.7 cm³/mol. The molecule has 142 valence electrons. The Labute approximate surface area is 157 Å². The zero-order valence-electron chi connectivity index (χ0n) is 14.5. The first-order valence-electron chi connectivity index (χ1n) is 8.16. The Balaban J connectivity index is 1.97. The summed E-state index contributed by atoms with van der Waals surface area (Å²) in [5.41, 5.74) is 2.10. The van der Waals surface area contributed by atoms with Gasteiger partial charge in [-0.1, -0.05) is 23.7 Å². The molecule has 0 spiro atoms. The summed E-state index contributed by atoms with van der Waals surface area (Å²) < 4.78 is 38.1. The molecule has 2 amide bonds. The Morgan fingerprint density at radius 1 is 1.11 bits per heavy atom. The van der Waals surface area contributed by atoms with E-state index >= 15 is 0 Å². The number of carbonyl (C=O) groups excluding carboxylic acids is 2. The Morgan fingerprint density at radius 2 is 1.81 bits per heavy atom. The van der Waals surface area contributed by atoms with Crippen LogP contribution in [0.2, 0.25) is 5.02 Å². The lowest BCUT2D eigenvalue weighted by atomic mass is 9.98. The quantitative estimate of drug-likeness (QED) is 0.676. The van der Waals surface area contributed by atoms with Crippen molar-refractivity contribution in [2.24, 2.45) is 0 Å². The van der Waals surface area contributed by atoms with E-state index in [2.05, 4.69) is 4.98 Å². The van der Waals surface area contributed by atoms with E-state index < -0.39 is 30.5 Å². The first-order chi connectivity index (χ1) is 12.6. The van der Waals surface area contributed by atoms with Gasteiger partial charge in [-0.15, -0.1) is 0 Å². The third kappa shape index (κ3) is 3.93. The topological polar surface area (TPSA) is 53.2 Å². The van der Waals surface area contributed by atoms with Crippen molar-refractivity contribution in [2.45, 2.75) is 25.9 Å². The van der Waals surface area contributed by atoms with Gasteiger partial charge in [0.25, 0.3) is 0 Å². The third-order valence-electron chi connectivity index (χ3n) is 4.44. The molecule has 3 aromatic rings. The largest absolute Gasteiger partial charge is 0.406 e. The van der Waals surface area contributed by atoms with Crippen molar-refractivity contribution in [1.82, 2.24) is 9.88 Å². The van der Waals surface area contributed by atoms with E-state index in [1.807, 2.05) is 12.1 Å². The van der Waals surface area contributed by atoms with Crippen LogP contribution in [0.5, 0.6) is 0 Å². The maximum absolute atomic E-state index is 12.7. The monoisotopic (exact) mass is 396 g/mol. The van der Waals surface area contributed by atoms with Crippen LogP contribution in [-0.4, -0.2) is 34.4 Å². The van der Waals surface area contributed by atoms with Crippen molar-refractivity contribution in [3.63, 3.8) is 0 Å².